The third kappa shape index (κ3) is 4.49. The van der Waals surface area contributed by atoms with Crippen molar-refractivity contribution in [3.05, 3.63) is 58.7 Å². The molecule has 0 spiro atoms. The lowest BCUT2D eigenvalue weighted by molar-refractivity contribution is 0.0931. The number of hydrogen-bond donors (Lipinski definition) is 2. The molecular weight excluding hydrogens is 454 g/mol. The average molecular weight is 481 g/mol. The van der Waals surface area contributed by atoms with E-state index in [1.165, 1.54) is 17.8 Å². The fraction of sp³-hybridized carbons (Fsp3) is 0.320. The molecule has 3 heterocycles. The van der Waals surface area contributed by atoms with E-state index in [1.54, 1.807) is 19.1 Å². The fourth-order valence-corrected chi connectivity index (χ4v) is 4.54. The molecule has 1 fully saturated rings. The molecule has 0 radical (unpaired) electrons. The van der Waals surface area contributed by atoms with Crippen molar-refractivity contribution in [3.63, 3.8) is 0 Å². The van der Waals surface area contributed by atoms with Gasteiger partial charge in [0, 0.05) is 61.8 Å². The molecular formula is C25H26F2N6O2. The van der Waals surface area contributed by atoms with Gasteiger partial charge in [-0.25, -0.2) is 9.37 Å². The van der Waals surface area contributed by atoms with Crippen LogP contribution in [-0.4, -0.2) is 52.7 Å². The maximum Gasteiger partial charge on any atom is 0.256 e. The lowest BCUT2D eigenvalue weighted by atomic mass is 10.1. The van der Waals surface area contributed by atoms with Gasteiger partial charge in [-0.15, -0.1) is 0 Å². The van der Waals surface area contributed by atoms with Crippen LogP contribution in [-0.2, 0) is 0 Å². The van der Waals surface area contributed by atoms with Crippen molar-refractivity contribution >= 4 is 35.0 Å². The largest absolute Gasteiger partial charge is 0.464 e. The summed E-state index contributed by atoms with van der Waals surface area (Å²) in [4.78, 5) is 22.1. The zero-order chi connectivity index (χ0) is 24.5. The lowest BCUT2D eigenvalue weighted by Gasteiger charge is -2.29. The Morgan fingerprint density at radius 1 is 1.17 bits per heavy atom. The number of ether oxygens (including phenoxy) is 1. The second kappa shape index (κ2) is 9.46. The molecule has 8 nitrogen and oxygen atoms in total. The fourth-order valence-electron chi connectivity index (χ4n) is 4.54. The number of hydrogen-bond acceptors (Lipinski definition) is 7. The van der Waals surface area contributed by atoms with E-state index in [0.717, 1.165) is 31.9 Å². The monoisotopic (exact) mass is 480 g/mol. The third-order valence-corrected chi connectivity index (χ3v) is 6.23. The molecule has 35 heavy (non-hydrogen) atoms. The molecule has 2 aromatic heterocycles. The predicted molar refractivity (Wildman–Crippen MR) is 130 cm³/mol. The first-order chi connectivity index (χ1) is 16.9. The van der Waals surface area contributed by atoms with Gasteiger partial charge in [-0.1, -0.05) is 6.08 Å². The summed E-state index contributed by atoms with van der Waals surface area (Å²) in [5.41, 5.74) is 2.37. The number of nitrogens with one attached hydrogen (secondary N) is 2. The van der Waals surface area contributed by atoms with Crippen LogP contribution in [0.2, 0.25) is 0 Å². The van der Waals surface area contributed by atoms with Gasteiger partial charge >= 0.3 is 0 Å². The number of nitrogens with zero attached hydrogens (tertiary/aromatic N) is 4. The van der Waals surface area contributed by atoms with E-state index >= 15 is 8.78 Å². The molecule has 5 rings (SSSR count). The Labute approximate surface area is 200 Å². The van der Waals surface area contributed by atoms with Gasteiger partial charge < -0.3 is 20.3 Å². The van der Waals surface area contributed by atoms with Crippen molar-refractivity contribution in [2.75, 3.05) is 36.4 Å². The Kier molecular flexibility index (Phi) is 6.21. The number of carbonyl (C=O) groups excluding carboxylic acids is 1. The number of rotatable bonds is 5. The minimum atomic E-state index is -1.06. The first-order valence-corrected chi connectivity index (χ1v) is 11.5. The van der Waals surface area contributed by atoms with Crippen molar-refractivity contribution in [2.45, 2.75) is 26.4 Å². The molecule has 0 amide bonds. The Morgan fingerprint density at radius 3 is 2.63 bits per heavy atom. The van der Waals surface area contributed by atoms with Crippen LogP contribution in [0.1, 0.15) is 23.8 Å². The summed E-state index contributed by atoms with van der Waals surface area (Å²) in [5, 5.41) is 7.02. The Hall–Kier alpha value is -3.79. The van der Waals surface area contributed by atoms with Gasteiger partial charge in [-0.05, 0) is 37.3 Å². The molecule has 0 bridgehead atoms. The molecule has 1 aliphatic heterocycles. The molecule has 2 aliphatic rings. The van der Waals surface area contributed by atoms with E-state index in [1.807, 2.05) is 24.3 Å². The van der Waals surface area contributed by atoms with Crippen LogP contribution in [0.5, 0.6) is 5.88 Å². The number of benzene rings is 1. The van der Waals surface area contributed by atoms with E-state index in [0.29, 0.717) is 16.7 Å². The quantitative estimate of drug-likeness (QED) is 0.580. The first-order valence-electron chi connectivity index (χ1n) is 11.5. The number of fused-ring (bicyclic) bond motifs is 1. The first kappa shape index (κ1) is 23.0. The van der Waals surface area contributed by atoms with E-state index < -0.39 is 17.7 Å². The molecule has 10 heteroatoms. The van der Waals surface area contributed by atoms with Crippen molar-refractivity contribution in [1.82, 2.24) is 19.9 Å². The summed E-state index contributed by atoms with van der Waals surface area (Å²) in [5.74, 6) is -1.99. The Bertz CT molecular complexity index is 1380. The van der Waals surface area contributed by atoms with Crippen LogP contribution >= 0.6 is 0 Å². The molecule has 0 saturated carbocycles. The maximum absolute atomic E-state index is 15.2. The summed E-state index contributed by atoms with van der Waals surface area (Å²) in [6.07, 6.45) is 1.97. The van der Waals surface area contributed by atoms with Crippen molar-refractivity contribution in [2.24, 2.45) is 0 Å². The summed E-state index contributed by atoms with van der Waals surface area (Å²) >= 11 is 0. The van der Waals surface area contributed by atoms with Crippen LogP contribution in [0.4, 0.5) is 26.0 Å². The second-order valence-electron chi connectivity index (χ2n) is 8.58. The smallest absolute Gasteiger partial charge is 0.256 e. The van der Waals surface area contributed by atoms with Crippen LogP contribution in [0.15, 0.2) is 36.7 Å². The number of aromatic nitrogens is 3. The maximum atomic E-state index is 15.2. The van der Waals surface area contributed by atoms with Crippen LogP contribution < -0.4 is 30.8 Å². The SMILES string of the molecule is CC(=O)n1c(C)cc2c1=CCC(Oc1ncnc(Nc3ccc(N4CCNCC4)cc3)c1F)C=2F. The second-order valence-corrected chi connectivity index (χ2v) is 8.58. The average Bonchev–Trinajstić information content (AvgIpc) is 3.21. The number of aryl methyl sites for hydroxylation is 1. The van der Waals surface area contributed by atoms with E-state index in [4.69, 9.17) is 4.74 Å². The van der Waals surface area contributed by atoms with Crippen LogP contribution in [0, 0.1) is 12.7 Å². The number of piperazine rings is 1. The summed E-state index contributed by atoms with van der Waals surface area (Å²) in [6.45, 7) is 6.89. The standard InChI is InChI=1S/C25H26F2N6O2/c1-15-13-19-20(33(15)16(2)34)7-8-21(22(19)26)35-25-23(27)24(29-14-30-25)31-17-3-5-18(6-4-17)32-11-9-28-10-12-32/h3-7,13-14,21,28H,8-12H2,1-2H3,(H,29,30,31). The van der Waals surface area contributed by atoms with Crippen molar-refractivity contribution in [3.8, 4) is 5.88 Å². The van der Waals surface area contributed by atoms with Gasteiger partial charge in [0.1, 0.15) is 6.33 Å². The van der Waals surface area contributed by atoms with Gasteiger partial charge in [0.05, 0.1) is 5.35 Å². The number of carbonyl (C=O) groups is 1. The lowest BCUT2D eigenvalue weighted by Crippen LogP contribution is -2.43. The van der Waals surface area contributed by atoms with E-state index in [2.05, 4.69) is 25.5 Å². The highest BCUT2D eigenvalue weighted by Crippen LogP contribution is 2.27. The highest BCUT2D eigenvalue weighted by Gasteiger charge is 2.25. The number of halogens is 2. The Morgan fingerprint density at radius 2 is 1.91 bits per heavy atom. The van der Waals surface area contributed by atoms with Gasteiger partial charge in [-0.3, -0.25) is 9.36 Å². The number of anilines is 3. The van der Waals surface area contributed by atoms with Crippen LogP contribution in [0.3, 0.4) is 0 Å². The van der Waals surface area contributed by atoms with Gasteiger partial charge in [0.25, 0.3) is 5.88 Å². The van der Waals surface area contributed by atoms with Crippen molar-refractivity contribution in [1.29, 1.82) is 0 Å². The van der Waals surface area contributed by atoms with Gasteiger partial charge in [-0.2, -0.15) is 9.37 Å². The summed E-state index contributed by atoms with van der Waals surface area (Å²) in [6, 6.07) is 9.24. The van der Waals surface area contributed by atoms with E-state index in [9.17, 15) is 4.79 Å². The topological polar surface area (TPSA) is 84.3 Å². The van der Waals surface area contributed by atoms with Gasteiger partial charge in [0.15, 0.2) is 17.7 Å². The predicted octanol–water partition coefficient (Wildman–Crippen LogP) is 2.25. The molecule has 3 aromatic rings. The molecule has 1 saturated heterocycles. The zero-order valence-corrected chi connectivity index (χ0v) is 19.5. The van der Waals surface area contributed by atoms with Gasteiger partial charge in [0.2, 0.25) is 11.7 Å². The molecule has 1 aromatic carbocycles. The highest BCUT2D eigenvalue weighted by atomic mass is 19.1. The highest BCUT2D eigenvalue weighted by molar-refractivity contribution is 5.78. The molecule has 2 N–H and O–H groups in total. The summed E-state index contributed by atoms with van der Waals surface area (Å²) in [7, 11) is 0. The molecule has 1 atom stereocenters. The molecule has 182 valence electrons. The van der Waals surface area contributed by atoms with E-state index in [-0.39, 0.29) is 29.2 Å². The van der Waals surface area contributed by atoms with Crippen LogP contribution in [0.25, 0.3) is 11.9 Å². The normalized spacial score (nSPS) is 17.5. The zero-order valence-electron chi connectivity index (χ0n) is 19.5. The molecule has 1 aliphatic carbocycles. The minimum Gasteiger partial charge on any atom is -0.464 e. The van der Waals surface area contributed by atoms with Crippen molar-refractivity contribution < 1.29 is 18.3 Å². The Balaban J connectivity index is 1.34. The summed E-state index contributed by atoms with van der Waals surface area (Å²) < 4.78 is 37.4. The molecule has 1 unspecified atom stereocenters. The third-order valence-electron chi connectivity index (χ3n) is 6.23. The minimum absolute atomic E-state index is 0.0654.